The number of amides is 1. The van der Waals surface area contributed by atoms with Gasteiger partial charge in [0.15, 0.2) is 5.69 Å². The molecule has 0 bridgehead atoms. The van der Waals surface area contributed by atoms with Gasteiger partial charge in [-0.1, -0.05) is 23.4 Å². The Morgan fingerprint density at radius 2 is 2.08 bits per heavy atom. The molecule has 1 aliphatic rings. The molecule has 0 unspecified atom stereocenters. The van der Waals surface area contributed by atoms with E-state index in [0.717, 1.165) is 25.1 Å². The Labute approximate surface area is 139 Å². The summed E-state index contributed by atoms with van der Waals surface area (Å²) in [5, 5.41) is 8.13. The standard InChI is InChI=1S/C17H18N6O/c24-17(16-12-23(20-19-16)14-5-2-1-3-6-14)21-9-4-7-15(11-21)22-10-8-18-13-22/h1-3,5-6,8,10,12-13,15H,4,7,9,11H2/t15-/m1/s1. The van der Waals surface area contributed by atoms with Gasteiger partial charge in [-0.3, -0.25) is 4.79 Å². The fourth-order valence-corrected chi connectivity index (χ4v) is 3.10. The number of benzene rings is 1. The second-order valence-electron chi connectivity index (χ2n) is 5.94. The van der Waals surface area contributed by atoms with Crippen LogP contribution < -0.4 is 0 Å². The predicted octanol–water partition coefficient (Wildman–Crippen LogP) is 1.94. The summed E-state index contributed by atoms with van der Waals surface area (Å²) in [6.07, 6.45) is 9.25. The van der Waals surface area contributed by atoms with E-state index in [4.69, 9.17) is 0 Å². The van der Waals surface area contributed by atoms with Gasteiger partial charge in [-0.05, 0) is 25.0 Å². The van der Waals surface area contributed by atoms with E-state index in [9.17, 15) is 4.79 Å². The maximum absolute atomic E-state index is 12.7. The van der Waals surface area contributed by atoms with E-state index >= 15 is 0 Å². The number of nitrogens with zero attached hydrogens (tertiary/aromatic N) is 6. The van der Waals surface area contributed by atoms with Gasteiger partial charge in [0.05, 0.1) is 24.3 Å². The Bertz CT molecular complexity index is 811. The molecule has 0 spiro atoms. The summed E-state index contributed by atoms with van der Waals surface area (Å²) in [4.78, 5) is 18.7. The van der Waals surface area contributed by atoms with Gasteiger partial charge in [0, 0.05) is 25.5 Å². The van der Waals surface area contributed by atoms with Crippen LogP contribution in [0.2, 0.25) is 0 Å². The smallest absolute Gasteiger partial charge is 0.276 e. The van der Waals surface area contributed by atoms with Crippen molar-refractivity contribution in [2.45, 2.75) is 18.9 Å². The third-order valence-corrected chi connectivity index (χ3v) is 4.36. The minimum atomic E-state index is -0.0676. The lowest BCUT2D eigenvalue weighted by atomic mass is 10.1. The quantitative estimate of drug-likeness (QED) is 0.739. The summed E-state index contributed by atoms with van der Waals surface area (Å²) in [6, 6.07) is 9.93. The van der Waals surface area contributed by atoms with Crippen molar-refractivity contribution in [1.82, 2.24) is 29.4 Å². The normalized spacial score (nSPS) is 17.8. The summed E-state index contributed by atoms with van der Waals surface area (Å²) in [5.74, 6) is -0.0676. The molecule has 0 saturated carbocycles. The number of likely N-dealkylation sites (tertiary alicyclic amines) is 1. The molecule has 1 amide bonds. The Balaban J connectivity index is 1.50. The zero-order valence-electron chi connectivity index (χ0n) is 13.2. The number of rotatable bonds is 3. The number of aromatic nitrogens is 5. The number of para-hydroxylation sites is 1. The third-order valence-electron chi connectivity index (χ3n) is 4.36. The second-order valence-corrected chi connectivity index (χ2v) is 5.94. The molecule has 1 atom stereocenters. The van der Waals surface area contributed by atoms with E-state index in [-0.39, 0.29) is 11.9 Å². The third kappa shape index (κ3) is 2.80. The van der Waals surface area contributed by atoms with E-state index < -0.39 is 0 Å². The van der Waals surface area contributed by atoms with Gasteiger partial charge in [-0.25, -0.2) is 9.67 Å². The van der Waals surface area contributed by atoms with Gasteiger partial charge in [0.2, 0.25) is 0 Å². The van der Waals surface area contributed by atoms with Crippen LogP contribution in [-0.2, 0) is 0 Å². The van der Waals surface area contributed by atoms with Crippen LogP contribution in [0.15, 0.2) is 55.2 Å². The zero-order valence-corrected chi connectivity index (χ0v) is 13.2. The molecule has 7 nitrogen and oxygen atoms in total. The summed E-state index contributed by atoms with van der Waals surface area (Å²) in [5.41, 5.74) is 1.27. The molecule has 24 heavy (non-hydrogen) atoms. The van der Waals surface area contributed by atoms with Crippen LogP contribution in [-0.4, -0.2) is 48.4 Å². The Morgan fingerprint density at radius 1 is 1.21 bits per heavy atom. The highest BCUT2D eigenvalue weighted by Gasteiger charge is 2.26. The van der Waals surface area contributed by atoms with Crippen molar-refractivity contribution < 1.29 is 4.79 Å². The first-order valence-corrected chi connectivity index (χ1v) is 8.06. The van der Waals surface area contributed by atoms with Crippen LogP contribution in [0.1, 0.15) is 29.4 Å². The Hall–Kier alpha value is -2.96. The predicted molar refractivity (Wildman–Crippen MR) is 87.8 cm³/mol. The lowest BCUT2D eigenvalue weighted by molar-refractivity contribution is 0.0673. The van der Waals surface area contributed by atoms with Gasteiger partial charge in [0.1, 0.15) is 0 Å². The number of carbonyl (C=O) groups excluding carboxylic acids is 1. The summed E-state index contributed by atoms with van der Waals surface area (Å²) >= 11 is 0. The fourth-order valence-electron chi connectivity index (χ4n) is 3.10. The van der Waals surface area contributed by atoms with E-state index in [1.165, 1.54) is 0 Å². The van der Waals surface area contributed by atoms with Crippen molar-refractivity contribution in [3.63, 3.8) is 0 Å². The topological polar surface area (TPSA) is 68.8 Å². The molecule has 7 heteroatoms. The van der Waals surface area contributed by atoms with Gasteiger partial charge < -0.3 is 9.47 Å². The van der Waals surface area contributed by atoms with Crippen molar-refractivity contribution in [2.24, 2.45) is 0 Å². The summed E-state index contributed by atoms with van der Waals surface area (Å²) < 4.78 is 3.70. The lowest BCUT2D eigenvalue weighted by Gasteiger charge is -2.32. The molecule has 1 fully saturated rings. The number of piperidine rings is 1. The minimum absolute atomic E-state index is 0.0676. The van der Waals surface area contributed by atoms with Gasteiger partial charge in [-0.2, -0.15) is 0 Å². The second kappa shape index (κ2) is 6.27. The van der Waals surface area contributed by atoms with Crippen LogP contribution in [0.3, 0.4) is 0 Å². The average molecular weight is 322 g/mol. The van der Waals surface area contributed by atoms with E-state index in [1.54, 1.807) is 17.1 Å². The molecule has 2 aromatic heterocycles. The van der Waals surface area contributed by atoms with Crippen molar-refractivity contribution in [3.05, 3.63) is 60.9 Å². The van der Waals surface area contributed by atoms with Crippen LogP contribution >= 0.6 is 0 Å². The van der Waals surface area contributed by atoms with E-state index in [0.29, 0.717) is 12.2 Å². The minimum Gasteiger partial charge on any atom is -0.335 e. The first-order valence-electron chi connectivity index (χ1n) is 8.06. The van der Waals surface area contributed by atoms with E-state index in [2.05, 4.69) is 19.9 Å². The number of hydrogen-bond acceptors (Lipinski definition) is 4. The molecule has 0 N–H and O–H groups in total. The van der Waals surface area contributed by atoms with Crippen LogP contribution in [0.5, 0.6) is 0 Å². The highest BCUT2D eigenvalue weighted by atomic mass is 16.2. The molecule has 0 aliphatic carbocycles. The number of imidazole rings is 1. The SMILES string of the molecule is O=C(c1cn(-c2ccccc2)nn1)N1CCC[C@@H](n2ccnc2)C1. The Morgan fingerprint density at radius 3 is 2.88 bits per heavy atom. The molecule has 1 saturated heterocycles. The van der Waals surface area contributed by atoms with Crippen molar-refractivity contribution in [2.75, 3.05) is 13.1 Å². The van der Waals surface area contributed by atoms with Crippen LogP contribution in [0, 0.1) is 0 Å². The van der Waals surface area contributed by atoms with Crippen LogP contribution in [0.4, 0.5) is 0 Å². The molecular weight excluding hydrogens is 304 g/mol. The largest absolute Gasteiger partial charge is 0.335 e. The monoisotopic (exact) mass is 322 g/mol. The molecule has 1 aliphatic heterocycles. The van der Waals surface area contributed by atoms with Crippen molar-refractivity contribution in [3.8, 4) is 5.69 Å². The highest BCUT2D eigenvalue weighted by Crippen LogP contribution is 2.22. The molecule has 4 rings (SSSR count). The van der Waals surface area contributed by atoms with Crippen molar-refractivity contribution >= 4 is 5.91 Å². The maximum atomic E-state index is 12.7. The van der Waals surface area contributed by atoms with Gasteiger partial charge >= 0.3 is 0 Å². The molecule has 1 aromatic carbocycles. The molecule has 122 valence electrons. The maximum Gasteiger partial charge on any atom is 0.276 e. The first-order chi connectivity index (χ1) is 11.8. The number of hydrogen-bond donors (Lipinski definition) is 0. The van der Waals surface area contributed by atoms with E-state index in [1.807, 2.05) is 47.8 Å². The van der Waals surface area contributed by atoms with Crippen molar-refractivity contribution in [1.29, 1.82) is 0 Å². The first kappa shape index (κ1) is 14.6. The van der Waals surface area contributed by atoms with Crippen LogP contribution in [0.25, 0.3) is 5.69 Å². The molecule has 3 aromatic rings. The number of carbonyl (C=O) groups is 1. The Kier molecular flexibility index (Phi) is 3.82. The highest BCUT2D eigenvalue weighted by molar-refractivity contribution is 5.92. The average Bonchev–Trinajstić information content (AvgIpc) is 3.34. The summed E-state index contributed by atoms with van der Waals surface area (Å²) in [6.45, 7) is 1.43. The molecule has 0 radical (unpaired) electrons. The molecular formula is C17H18N6O. The summed E-state index contributed by atoms with van der Waals surface area (Å²) in [7, 11) is 0. The fraction of sp³-hybridized carbons (Fsp3) is 0.294. The molecule has 3 heterocycles. The van der Waals surface area contributed by atoms with Gasteiger partial charge in [-0.15, -0.1) is 5.10 Å². The van der Waals surface area contributed by atoms with Gasteiger partial charge in [0.25, 0.3) is 5.91 Å². The lowest BCUT2D eigenvalue weighted by Crippen LogP contribution is -2.40. The zero-order chi connectivity index (χ0) is 16.4.